The topological polar surface area (TPSA) is 69.2 Å². The summed E-state index contributed by atoms with van der Waals surface area (Å²) >= 11 is 0. The molecular weight excluding hydrogens is 132 g/mol. The first-order valence-corrected chi connectivity index (χ1v) is 2.62. The summed E-state index contributed by atoms with van der Waals surface area (Å²) in [6.07, 6.45) is 0. The van der Waals surface area contributed by atoms with Crippen LogP contribution in [0.2, 0.25) is 0 Å². The van der Waals surface area contributed by atoms with Crippen LogP contribution >= 0.6 is 0 Å². The maximum atomic E-state index is 10.1. The van der Waals surface area contributed by atoms with Gasteiger partial charge in [-0.05, 0) is 18.2 Å². The van der Waals surface area contributed by atoms with E-state index in [0.29, 0.717) is 0 Å². The zero-order chi connectivity index (χ0) is 7.56. The van der Waals surface area contributed by atoms with Crippen molar-refractivity contribution in [3.63, 3.8) is 0 Å². The molecule has 0 unspecified atom stereocenters. The van der Waals surface area contributed by atoms with Crippen LogP contribution in [0.25, 0.3) is 0 Å². The van der Waals surface area contributed by atoms with Crippen LogP contribution in [0.5, 0.6) is 0 Å². The van der Waals surface area contributed by atoms with Gasteiger partial charge >= 0.3 is 0 Å². The van der Waals surface area contributed by atoms with E-state index in [2.05, 4.69) is 6.07 Å². The largest absolute Gasteiger partial charge is 0.393 e. The highest BCUT2D eigenvalue weighted by molar-refractivity contribution is 5.56. The molecule has 2 N–H and O–H groups in total. The number of nitrogen functional groups attached to an aromatic ring is 1. The Morgan fingerprint density at radius 1 is 1.70 bits per heavy atom. The summed E-state index contributed by atoms with van der Waals surface area (Å²) in [5.74, 6) is 0. The third-order valence-corrected chi connectivity index (χ3v) is 1.07. The molecule has 0 saturated heterocycles. The second-order valence-electron chi connectivity index (χ2n) is 1.74. The number of rotatable bonds is 1. The van der Waals surface area contributed by atoms with E-state index in [4.69, 9.17) is 5.73 Å². The SMILES string of the molecule is Nc1c[c]ccc1[N+](=O)[O-]. The maximum Gasteiger partial charge on any atom is 0.292 e. The predicted octanol–water partition coefficient (Wildman–Crippen LogP) is 0.977. The summed E-state index contributed by atoms with van der Waals surface area (Å²) in [6.45, 7) is 0. The monoisotopic (exact) mass is 137 g/mol. The summed E-state index contributed by atoms with van der Waals surface area (Å²) in [6, 6.07) is 6.77. The van der Waals surface area contributed by atoms with Crippen LogP contribution in [0.3, 0.4) is 0 Å². The van der Waals surface area contributed by atoms with E-state index in [9.17, 15) is 10.1 Å². The Hall–Kier alpha value is -1.58. The van der Waals surface area contributed by atoms with Crippen LogP contribution in [0, 0.1) is 16.2 Å². The van der Waals surface area contributed by atoms with Crippen molar-refractivity contribution < 1.29 is 4.92 Å². The molecule has 1 aromatic carbocycles. The fourth-order valence-corrected chi connectivity index (χ4v) is 0.601. The Labute approximate surface area is 57.4 Å². The second kappa shape index (κ2) is 2.34. The average molecular weight is 137 g/mol. The van der Waals surface area contributed by atoms with E-state index in [-0.39, 0.29) is 11.4 Å². The van der Waals surface area contributed by atoms with Crippen molar-refractivity contribution in [1.29, 1.82) is 0 Å². The van der Waals surface area contributed by atoms with Crippen LogP contribution in [0.15, 0.2) is 18.2 Å². The molecule has 0 aliphatic heterocycles. The third-order valence-electron chi connectivity index (χ3n) is 1.07. The van der Waals surface area contributed by atoms with Gasteiger partial charge in [0.1, 0.15) is 5.69 Å². The molecule has 0 aromatic heterocycles. The third kappa shape index (κ3) is 1.05. The molecule has 0 atom stereocenters. The van der Waals surface area contributed by atoms with Crippen LogP contribution in [-0.4, -0.2) is 4.92 Å². The first kappa shape index (κ1) is 6.54. The molecule has 0 amide bonds. The molecule has 0 bridgehead atoms. The normalized spacial score (nSPS) is 9.20. The Morgan fingerprint density at radius 2 is 2.40 bits per heavy atom. The molecule has 0 spiro atoms. The molecule has 1 aromatic rings. The Bertz CT molecular complexity index is 260. The summed E-state index contributed by atoms with van der Waals surface area (Å²) in [5.41, 5.74) is 5.32. The summed E-state index contributed by atoms with van der Waals surface area (Å²) in [4.78, 5) is 9.61. The fourth-order valence-electron chi connectivity index (χ4n) is 0.601. The van der Waals surface area contributed by atoms with Gasteiger partial charge in [0.05, 0.1) is 4.92 Å². The van der Waals surface area contributed by atoms with E-state index in [0.717, 1.165) is 0 Å². The van der Waals surface area contributed by atoms with Crippen molar-refractivity contribution in [3.05, 3.63) is 34.4 Å². The molecule has 0 fully saturated rings. The number of nitrogens with zero attached hydrogens (tertiary/aromatic N) is 1. The molecule has 51 valence electrons. The zero-order valence-electron chi connectivity index (χ0n) is 5.07. The molecule has 4 nitrogen and oxygen atoms in total. The fraction of sp³-hybridized carbons (Fsp3) is 0. The van der Waals surface area contributed by atoms with Crippen molar-refractivity contribution in [2.45, 2.75) is 0 Å². The van der Waals surface area contributed by atoms with Gasteiger partial charge in [0.2, 0.25) is 0 Å². The van der Waals surface area contributed by atoms with Crippen LogP contribution in [0.4, 0.5) is 11.4 Å². The molecule has 0 aliphatic rings. The van der Waals surface area contributed by atoms with Gasteiger partial charge in [-0.15, -0.1) is 0 Å². The number of nitrogens with two attached hydrogens (primary N) is 1. The first-order valence-electron chi connectivity index (χ1n) is 2.62. The highest BCUT2D eigenvalue weighted by Gasteiger charge is 2.07. The van der Waals surface area contributed by atoms with Crippen molar-refractivity contribution >= 4 is 11.4 Å². The van der Waals surface area contributed by atoms with Gasteiger partial charge in [0.15, 0.2) is 0 Å². The van der Waals surface area contributed by atoms with Crippen molar-refractivity contribution in [1.82, 2.24) is 0 Å². The summed E-state index contributed by atoms with van der Waals surface area (Å²) < 4.78 is 0. The predicted molar refractivity (Wildman–Crippen MR) is 36.3 cm³/mol. The van der Waals surface area contributed by atoms with E-state index in [1.807, 2.05) is 0 Å². The molecule has 1 radical (unpaired) electrons. The number of nitro groups is 1. The first-order chi connectivity index (χ1) is 4.72. The minimum Gasteiger partial charge on any atom is -0.393 e. The lowest BCUT2D eigenvalue weighted by molar-refractivity contribution is -0.383. The van der Waals surface area contributed by atoms with E-state index in [1.165, 1.54) is 18.2 Å². The lowest BCUT2D eigenvalue weighted by Gasteiger charge is -1.92. The van der Waals surface area contributed by atoms with Gasteiger partial charge < -0.3 is 5.73 Å². The van der Waals surface area contributed by atoms with Gasteiger partial charge in [-0.25, -0.2) is 0 Å². The average Bonchev–Trinajstić information content (AvgIpc) is 1.88. The maximum absolute atomic E-state index is 10.1. The molecule has 0 aliphatic carbocycles. The second-order valence-corrected chi connectivity index (χ2v) is 1.74. The quantitative estimate of drug-likeness (QED) is 0.356. The summed E-state index contributed by atoms with van der Waals surface area (Å²) in [5, 5.41) is 10.1. The van der Waals surface area contributed by atoms with Crippen LogP contribution in [0.1, 0.15) is 0 Å². The lowest BCUT2D eigenvalue weighted by Crippen LogP contribution is -1.93. The Morgan fingerprint density at radius 3 is 2.80 bits per heavy atom. The Balaban J connectivity index is 3.15. The smallest absolute Gasteiger partial charge is 0.292 e. The van der Waals surface area contributed by atoms with E-state index in [1.54, 1.807) is 0 Å². The molecule has 0 heterocycles. The molecular formula is C6H5N2O2. The van der Waals surface area contributed by atoms with Gasteiger partial charge in [-0.1, -0.05) is 0 Å². The van der Waals surface area contributed by atoms with Gasteiger partial charge in [0.25, 0.3) is 5.69 Å². The highest BCUT2D eigenvalue weighted by Crippen LogP contribution is 2.18. The van der Waals surface area contributed by atoms with Crippen molar-refractivity contribution in [2.24, 2.45) is 0 Å². The van der Waals surface area contributed by atoms with Gasteiger partial charge in [-0.3, -0.25) is 10.1 Å². The molecule has 4 heteroatoms. The number of benzene rings is 1. The minimum absolute atomic E-state index is 0.0706. The molecule has 10 heavy (non-hydrogen) atoms. The van der Waals surface area contributed by atoms with Gasteiger partial charge in [0, 0.05) is 6.07 Å². The number of nitro benzene ring substituents is 1. The standard InChI is InChI=1S/C6H5N2O2/c7-5-3-1-2-4-6(5)8(9)10/h2-4H,7H2. The number of anilines is 1. The Kier molecular flexibility index (Phi) is 1.53. The molecule has 1 rings (SSSR count). The minimum atomic E-state index is -0.525. The molecule has 0 saturated carbocycles. The van der Waals surface area contributed by atoms with Crippen LogP contribution < -0.4 is 5.73 Å². The number of hydrogen-bond donors (Lipinski definition) is 1. The zero-order valence-corrected chi connectivity index (χ0v) is 5.07. The van der Waals surface area contributed by atoms with E-state index >= 15 is 0 Å². The summed E-state index contributed by atoms with van der Waals surface area (Å²) in [7, 11) is 0. The van der Waals surface area contributed by atoms with Gasteiger partial charge in [-0.2, -0.15) is 0 Å². The lowest BCUT2D eigenvalue weighted by atomic mass is 10.3. The van der Waals surface area contributed by atoms with Crippen LogP contribution in [-0.2, 0) is 0 Å². The van der Waals surface area contributed by atoms with E-state index < -0.39 is 4.92 Å². The highest BCUT2D eigenvalue weighted by atomic mass is 16.6. The van der Waals surface area contributed by atoms with Crippen molar-refractivity contribution in [2.75, 3.05) is 5.73 Å². The number of hydrogen-bond acceptors (Lipinski definition) is 3. The van der Waals surface area contributed by atoms with Crippen molar-refractivity contribution in [3.8, 4) is 0 Å².